The van der Waals surface area contributed by atoms with Gasteiger partial charge in [0.2, 0.25) is 4.57 Å². The summed E-state index contributed by atoms with van der Waals surface area (Å²) in [6.45, 7) is 4.48. The fourth-order valence-corrected chi connectivity index (χ4v) is 1.14. The molecule has 0 aromatic heterocycles. The van der Waals surface area contributed by atoms with Crippen LogP contribution < -0.4 is 0 Å². The van der Waals surface area contributed by atoms with E-state index < -0.39 is 0 Å². The van der Waals surface area contributed by atoms with Crippen LogP contribution >= 0.6 is 22.4 Å². The Morgan fingerprint density at radius 3 is 2.14 bits per heavy atom. The summed E-state index contributed by atoms with van der Waals surface area (Å²) in [5.74, 6) is 0. The van der Waals surface area contributed by atoms with Crippen molar-refractivity contribution in [1.29, 1.82) is 0 Å². The molecular formula is C5H12BI. The quantitative estimate of drug-likeness (QED) is 0.496. The second kappa shape index (κ2) is 4.94. The van der Waals surface area contributed by atoms with E-state index >= 15 is 0 Å². The van der Waals surface area contributed by atoms with Crippen LogP contribution in [0, 0.1) is 0 Å². The van der Waals surface area contributed by atoms with Crippen molar-refractivity contribution in [3.05, 3.63) is 0 Å². The van der Waals surface area contributed by atoms with Crippen molar-refractivity contribution in [3.8, 4) is 0 Å². The third-order valence-corrected chi connectivity index (χ3v) is 2.55. The fraction of sp³-hybridized carbons (Fsp3) is 1.00. The molecule has 2 heteroatoms. The largest absolute Gasteiger partial charge is 0.217 e. The second-order valence-electron chi connectivity index (χ2n) is 1.79. The van der Waals surface area contributed by atoms with E-state index in [1.807, 2.05) is 0 Å². The summed E-state index contributed by atoms with van der Waals surface area (Å²) in [5, 5.41) is 0. The molecule has 0 radical (unpaired) electrons. The van der Waals surface area contributed by atoms with Gasteiger partial charge in [-0.3, -0.25) is 0 Å². The number of hydrogen-bond donors (Lipinski definition) is 0. The zero-order chi connectivity index (χ0) is 5.70. The average Bonchev–Trinajstić information content (AvgIpc) is 1.68. The zero-order valence-corrected chi connectivity index (χ0v) is 7.23. The average molecular weight is 210 g/mol. The zero-order valence-electron chi connectivity index (χ0n) is 5.08. The third-order valence-electron chi connectivity index (χ3n) is 1.04. The maximum atomic E-state index is 2.51. The van der Waals surface area contributed by atoms with E-state index in [1.54, 1.807) is 0 Å². The molecule has 7 heavy (non-hydrogen) atoms. The molecule has 42 valence electrons. The highest BCUT2D eigenvalue weighted by atomic mass is 127. The number of hydrogen-bond acceptors (Lipinski definition) is 0. The van der Waals surface area contributed by atoms with Crippen LogP contribution in [0.2, 0.25) is 12.6 Å². The van der Waals surface area contributed by atoms with Crippen LogP contribution in [-0.2, 0) is 0 Å². The summed E-state index contributed by atoms with van der Waals surface area (Å²) in [6, 6.07) is 0. The van der Waals surface area contributed by atoms with Gasteiger partial charge in [0.25, 0.3) is 0 Å². The molecule has 0 rings (SSSR count). The lowest BCUT2D eigenvalue weighted by molar-refractivity contribution is 1.07. The molecule has 0 aromatic carbocycles. The Morgan fingerprint density at radius 1 is 1.43 bits per heavy atom. The monoisotopic (exact) mass is 210 g/mol. The normalized spacial score (nSPS) is 9.00. The van der Waals surface area contributed by atoms with Crippen LogP contribution in [0.5, 0.6) is 0 Å². The molecule has 0 N–H and O–H groups in total. The summed E-state index contributed by atoms with van der Waals surface area (Å²) in [5.41, 5.74) is 0. The van der Waals surface area contributed by atoms with Crippen molar-refractivity contribution >= 4 is 26.9 Å². The SMILES string of the molecule is CCCB(I)CC. The Labute approximate surface area is 60.0 Å². The van der Waals surface area contributed by atoms with E-state index in [1.165, 1.54) is 19.1 Å². The van der Waals surface area contributed by atoms with Crippen molar-refractivity contribution < 1.29 is 0 Å². The van der Waals surface area contributed by atoms with Gasteiger partial charge in [0, 0.05) is 0 Å². The summed E-state index contributed by atoms with van der Waals surface area (Å²) >= 11 is 2.51. The predicted octanol–water partition coefficient (Wildman–Crippen LogP) is 2.84. The van der Waals surface area contributed by atoms with E-state index in [0.717, 1.165) is 4.57 Å². The molecule has 0 aromatic rings. The predicted molar refractivity (Wildman–Crippen MR) is 45.4 cm³/mol. The molecule has 0 aliphatic carbocycles. The maximum Gasteiger partial charge on any atom is 0.217 e. The Morgan fingerprint density at radius 2 is 2.00 bits per heavy atom. The molecule has 0 spiro atoms. The molecule has 0 aliphatic rings. The summed E-state index contributed by atoms with van der Waals surface area (Å²) in [7, 11) is 0. The van der Waals surface area contributed by atoms with Crippen molar-refractivity contribution in [2.45, 2.75) is 32.9 Å². The summed E-state index contributed by atoms with van der Waals surface area (Å²) in [4.78, 5) is 0. The van der Waals surface area contributed by atoms with Crippen LogP contribution in [0.3, 0.4) is 0 Å². The van der Waals surface area contributed by atoms with E-state index in [2.05, 4.69) is 36.2 Å². The molecule has 0 saturated carbocycles. The first-order chi connectivity index (χ1) is 3.31. The molecular weight excluding hydrogens is 198 g/mol. The Kier molecular flexibility index (Phi) is 5.50. The van der Waals surface area contributed by atoms with Crippen LogP contribution in [0.15, 0.2) is 0 Å². The van der Waals surface area contributed by atoms with Gasteiger partial charge < -0.3 is 0 Å². The minimum Gasteiger partial charge on any atom is -0.150 e. The van der Waals surface area contributed by atoms with Crippen LogP contribution in [0.4, 0.5) is 0 Å². The van der Waals surface area contributed by atoms with E-state index in [9.17, 15) is 0 Å². The molecule has 0 saturated heterocycles. The van der Waals surface area contributed by atoms with Gasteiger partial charge in [-0.1, -0.05) is 32.9 Å². The van der Waals surface area contributed by atoms with Crippen LogP contribution in [0.1, 0.15) is 20.3 Å². The maximum absolute atomic E-state index is 2.51. The summed E-state index contributed by atoms with van der Waals surface area (Å²) in [6.07, 6.45) is 4.05. The standard InChI is InChI=1S/C5H12BI/c1-3-5-6(7)4-2/h3-5H2,1-2H3. The van der Waals surface area contributed by atoms with E-state index in [0.29, 0.717) is 0 Å². The Balaban J connectivity index is 2.83. The van der Waals surface area contributed by atoms with Gasteiger partial charge in [0.15, 0.2) is 0 Å². The summed E-state index contributed by atoms with van der Waals surface area (Å²) < 4.78 is 0.919. The lowest BCUT2D eigenvalue weighted by atomic mass is 9.71. The van der Waals surface area contributed by atoms with Crippen molar-refractivity contribution in [2.24, 2.45) is 0 Å². The first kappa shape index (κ1) is 7.79. The fourth-order valence-electron chi connectivity index (χ4n) is 0.517. The number of halogens is 1. The molecule has 0 bridgehead atoms. The highest BCUT2D eigenvalue weighted by Crippen LogP contribution is 2.08. The molecule has 0 nitrogen and oxygen atoms in total. The van der Waals surface area contributed by atoms with Gasteiger partial charge in [0.05, 0.1) is 0 Å². The highest BCUT2D eigenvalue weighted by Gasteiger charge is 2.01. The topological polar surface area (TPSA) is 0 Å². The Bertz CT molecular complexity index is 39.1. The van der Waals surface area contributed by atoms with Crippen molar-refractivity contribution in [2.75, 3.05) is 0 Å². The van der Waals surface area contributed by atoms with E-state index in [4.69, 9.17) is 0 Å². The third kappa shape index (κ3) is 4.65. The van der Waals surface area contributed by atoms with Gasteiger partial charge in [0.1, 0.15) is 0 Å². The molecule has 0 amide bonds. The van der Waals surface area contributed by atoms with Crippen molar-refractivity contribution in [1.82, 2.24) is 0 Å². The second-order valence-corrected chi connectivity index (χ2v) is 3.56. The van der Waals surface area contributed by atoms with Gasteiger partial charge in [-0.05, 0) is 0 Å². The molecule has 0 fully saturated rings. The van der Waals surface area contributed by atoms with Crippen molar-refractivity contribution in [3.63, 3.8) is 0 Å². The van der Waals surface area contributed by atoms with Crippen LogP contribution in [-0.4, -0.2) is 4.57 Å². The lowest BCUT2D eigenvalue weighted by Crippen LogP contribution is -1.96. The minimum atomic E-state index is 0.919. The first-order valence-electron chi connectivity index (χ1n) is 2.95. The molecule has 0 atom stereocenters. The van der Waals surface area contributed by atoms with Gasteiger partial charge in [-0.25, -0.2) is 0 Å². The molecule has 0 heterocycles. The molecule has 0 unspecified atom stereocenters. The Hall–Kier alpha value is 0.795. The van der Waals surface area contributed by atoms with Gasteiger partial charge in [-0.15, -0.1) is 22.4 Å². The van der Waals surface area contributed by atoms with Crippen LogP contribution in [0.25, 0.3) is 0 Å². The van der Waals surface area contributed by atoms with E-state index in [-0.39, 0.29) is 0 Å². The lowest BCUT2D eigenvalue weighted by Gasteiger charge is -1.95. The first-order valence-corrected chi connectivity index (χ1v) is 4.19. The van der Waals surface area contributed by atoms with Gasteiger partial charge >= 0.3 is 0 Å². The van der Waals surface area contributed by atoms with Gasteiger partial charge in [-0.2, -0.15) is 0 Å². The minimum absolute atomic E-state index is 0.919. The smallest absolute Gasteiger partial charge is 0.150 e. The highest BCUT2D eigenvalue weighted by molar-refractivity contribution is 14.1. The molecule has 0 aliphatic heterocycles. The number of rotatable bonds is 3.